The Kier molecular flexibility index (Phi) is 3.76. The quantitative estimate of drug-likeness (QED) is 0.514. The Hall–Kier alpha value is -1.57. The predicted molar refractivity (Wildman–Crippen MR) is 57.6 cm³/mol. The number of nitrogens with one attached hydrogen (secondary N) is 1. The molecule has 0 aromatic heterocycles. The minimum atomic E-state index is 0.222. The smallest absolute Gasteiger partial charge is 0.0825 e. The van der Waals surface area contributed by atoms with E-state index in [2.05, 4.69) is 23.0 Å². The van der Waals surface area contributed by atoms with Gasteiger partial charge in [-0.3, -0.25) is 4.99 Å². The van der Waals surface area contributed by atoms with Crippen LogP contribution in [0.25, 0.3) is 0 Å². The number of dihydropyridines is 1. The van der Waals surface area contributed by atoms with Crippen molar-refractivity contribution in [3.05, 3.63) is 49.4 Å². The van der Waals surface area contributed by atoms with Gasteiger partial charge in [0.1, 0.15) is 0 Å². The van der Waals surface area contributed by atoms with Crippen LogP contribution in [0, 0.1) is 0 Å². The lowest BCUT2D eigenvalue weighted by Crippen LogP contribution is -2.30. The van der Waals surface area contributed by atoms with Crippen LogP contribution in [-0.2, 0) is 0 Å². The molecule has 0 radical (unpaired) electrons. The Morgan fingerprint density at radius 2 is 2.38 bits per heavy atom. The first kappa shape index (κ1) is 9.52. The first-order chi connectivity index (χ1) is 6.34. The van der Waals surface area contributed by atoms with E-state index in [4.69, 9.17) is 0 Å². The van der Waals surface area contributed by atoms with Crippen molar-refractivity contribution in [3.63, 3.8) is 0 Å². The maximum Gasteiger partial charge on any atom is 0.0825 e. The van der Waals surface area contributed by atoms with Gasteiger partial charge in [0.25, 0.3) is 0 Å². The first-order valence-corrected chi connectivity index (χ1v) is 4.26. The summed E-state index contributed by atoms with van der Waals surface area (Å²) < 4.78 is 0. The molecule has 0 spiro atoms. The van der Waals surface area contributed by atoms with Gasteiger partial charge in [-0.1, -0.05) is 24.8 Å². The van der Waals surface area contributed by atoms with Crippen LogP contribution in [0.5, 0.6) is 0 Å². The van der Waals surface area contributed by atoms with Crippen molar-refractivity contribution < 1.29 is 0 Å². The van der Waals surface area contributed by atoms with E-state index >= 15 is 0 Å². The number of nitrogens with zero attached hydrogens (tertiary/aromatic N) is 1. The van der Waals surface area contributed by atoms with Gasteiger partial charge in [-0.25, -0.2) is 0 Å². The number of aliphatic imine (C=N–C) groups is 1. The molecule has 1 aliphatic rings. The van der Waals surface area contributed by atoms with Gasteiger partial charge in [-0.05, 0) is 25.3 Å². The van der Waals surface area contributed by atoms with Gasteiger partial charge in [-0.2, -0.15) is 0 Å². The predicted octanol–water partition coefficient (Wildman–Crippen LogP) is 2.19. The molecule has 0 fully saturated rings. The molecule has 0 saturated carbocycles. The molecule has 13 heavy (non-hydrogen) atoms. The SMILES string of the molecule is C=C/C=C\N=C(C)C1C=CC=CN1. The number of rotatable bonds is 3. The van der Waals surface area contributed by atoms with Crippen LogP contribution in [0.3, 0.4) is 0 Å². The molecule has 68 valence electrons. The van der Waals surface area contributed by atoms with Gasteiger partial charge in [0.15, 0.2) is 0 Å². The van der Waals surface area contributed by atoms with Gasteiger partial charge in [0, 0.05) is 11.9 Å². The third-order valence-corrected chi connectivity index (χ3v) is 1.74. The maximum atomic E-state index is 4.25. The summed E-state index contributed by atoms with van der Waals surface area (Å²) in [6.45, 7) is 5.57. The van der Waals surface area contributed by atoms with E-state index in [0.29, 0.717) is 0 Å². The highest BCUT2D eigenvalue weighted by Crippen LogP contribution is 1.97. The van der Waals surface area contributed by atoms with Crippen molar-refractivity contribution in [3.8, 4) is 0 Å². The van der Waals surface area contributed by atoms with Crippen molar-refractivity contribution in [1.29, 1.82) is 0 Å². The van der Waals surface area contributed by atoms with Crippen LogP contribution in [0.15, 0.2) is 54.4 Å². The third-order valence-electron chi connectivity index (χ3n) is 1.74. The standard InChI is InChI=1S/C11H14N2/c1-3-4-8-12-10(2)11-7-5-6-9-13-11/h3-9,11,13H,1H2,2H3/b8-4-,12-10?. The second-order valence-electron chi connectivity index (χ2n) is 2.74. The Bertz CT molecular complexity index is 282. The monoisotopic (exact) mass is 174 g/mol. The summed E-state index contributed by atoms with van der Waals surface area (Å²) in [7, 11) is 0. The molecule has 2 heteroatoms. The molecule has 1 rings (SSSR count). The fraction of sp³-hybridized carbons (Fsp3) is 0.182. The fourth-order valence-corrected chi connectivity index (χ4v) is 1.01. The summed E-state index contributed by atoms with van der Waals surface area (Å²) in [5.41, 5.74) is 1.04. The topological polar surface area (TPSA) is 24.4 Å². The van der Waals surface area contributed by atoms with E-state index in [1.165, 1.54) is 0 Å². The summed E-state index contributed by atoms with van der Waals surface area (Å²) in [6, 6.07) is 0.222. The van der Waals surface area contributed by atoms with E-state index in [9.17, 15) is 0 Å². The summed E-state index contributed by atoms with van der Waals surface area (Å²) in [4.78, 5) is 4.25. The van der Waals surface area contributed by atoms with Gasteiger partial charge in [0.05, 0.1) is 6.04 Å². The van der Waals surface area contributed by atoms with Crippen molar-refractivity contribution >= 4 is 5.71 Å². The zero-order valence-electron chi connectivity index (χ0n) is 7.77. The van der Waals surface area contributed by atoms with Crippen molar-refractivity contribution in [2.75, 3.05) is 0 Å². The largest absolute Gasteiger partial charge is 0.380 e. The highest BCUT2D eigenvalue weighted by molar-refractivity contribution is 5.89. The van der Waals surface area contributed by atoms with E-state index in [1.54, 1.807) is 12.3 Å². The van der Waals surface area contributed by atoms with E-state index < -0.39 is 0 Å². The molecule has 1 aliphatic heterocycles. The molecular weight excluding hydrogens is 160 g/mol. The lowest BCUT2D eigenvalue weighted by Gasteiger charge is -2.14. The molecule has 1 atom stereocenters. The fourth-order valence-electron chi connectivity index (χ4n) is 1.01. The van der Waals surface area contributed by atoms with Crippen LogP contribution in [0.1, 0.15) is 6.92 Å². The van der Waals surface area contributed by atoms with Crippen LogP contribution < -0.4 is 5.32 Å². The zero-order valence-corrected chi connectivity index (χ0v) is 7.77. The summed E-state index contributed by atoms with van der Waals surface area (Å²) in [5, 5.41) is 3.19. The Labute approximate surface area is 79.1 Å². The molecule has 1 heterocycles. The van der Waals surface area contributed by atoms with Crippen LogP contribution in [-0.4, -0.2) is 11.8 Å². The van der Waals surface area contributed by atoms with Gasteiger partial charge < -0.3 is 5.32 Å². The lowest BCUT2D eigenvalue weighted by atomic mass is 10.1. The second-order valence-corrected chi connectivity index (χ2v) is 2.74. The molecule has 2 nitrogen and oxygen atoms in total. The number of allylic oxidation sites excluding steroid dienone is 4. The van der Waals surface area contributed by atoms with E-state index in [0.717, 1.165) is 5.71 Å². The van der Waals surface area contributed by atoms with Crippen LogP contribution >= 0.6 is 0 Å². The highest BCUT2D eigenvalue weighted by atomic mass is 14.9. The maximum absolute atomic E-state index is 4.25. The van der Waals surface area contributed by atoms with Gasteiger partial charge in [-0.15, -0.1) is 0 Å². The van der Waals surface area contributed by atoms with Crippen molar-refractivity contribution in [2.45, 2.75) is 13.0 Å². The first-order valence-electron chi connectivity index (χ1n) is 4.26. The van der Waals surface area contributed by atoms with Crippen molar-refractivity contribution in [2.24, 2.45) is 4.99 Å². The minimum absolute atomic E-state index is 0.222. The Morgan fingerprint density at radius 3 is 3.00 bits per heavy atom. The number of hydrogen-bond acceptors (Lipinski definition) is 2. The van der Waals surface area contributed by atoms with Crippen molar-refractivity contribution in [1.82, 2.24) is 5.32 Å². The van der Waals surface area contributed by atoms with Gasteiger partial charge >= 0.3 is 0 Å². The number of hydrogen-bond donors (Lipinski definition) is 1. The molecule has 0 aromatic carbocycles. The molecule has 0 saturated heterocycles. The molecule has 1 unspecified atom stereocenters. The Balaban J connectivity index is 2.56. The summed E-state index contributed by atoms with van der Waals surface area (Å²) >= 11 is 0. The molecule has 0 aromatic rings. The minimum Gasteiger partial charge on any atom is -0.380 e. The van der Waals surface area contributed by atoms with Crippen LogP contribution in [0.2, 0.25) is 0 Å². The average molecular weight is 174 g/mol. The lowest BCUT2D eigenvalue weighted by molar-refractivity contribution is 0.860. The summed E-state index contributed by atoms with van der Waals surface area (Å²) in [6.07, 6.45) is 13.2. The zero-order chi connectivity index (χ0) is 9.52. The average Bonchev–Trinajstić information content (AvgIpc) is 2.19. The molecular formula is C11H14N2. The third kappa shape index (κ3) is 3.11. The Morgan fingerprint density at radius 1 is 1.54 bits per heavy atom. The normalized spacial score (nSPS) is 21.9. The molecule has 0 bridgehead atoms. The molecule has 0 amide bonds. The van der Waals surface area contributed by atoms with Gasteiger partial charge in [0.2, 0.25) is 0 Å². The van der Waals surface area contributed by atoms with E-state index in [1.807, 2.05) is 31.4 Å². The highest BCUT2D eigenvalue weighted by Gasteiger charge is 2.05. The second kappa shape index (κ2) is 5.14. The summed E-state index contributed by atoms with van der Waals surface area (Å²) in [5.74, 6) is 0. The van der Waals surface area contributed by atoms with E-state index in [-0.39, 0.29) is 6.04 Å². The molecule has 1 N–H and O–H groups in total. The van der Waals surface area contributed by atoms with Crippen LogP contribution in [0.4, 0.5) is 0 Å². The molecule has 0 aliphatic carbocycles.